The molecule has 1 aliphatic heterocycles. The molecule has 0 aliphatic carbocycles. The van der Waals surface area contributed by atoms with E-state index in [1.54, 1.807) is 24.5 Å². The fourth-order valence-electron chi connectivity index (χ4n) is 4.24. The smallest absolute Gasteiger partial charge is 0.243 e. The minimum absolute atomic E-state index is 0. The highest BCUT2D eigenvalue weighted by Gasteiger charge is 2.46. The normalized spacial score (nSPS) is 21.2. The second kappa shape index (κ2) is 9.56. The Morgan fingerprint density at radius 3 is 2.44 bits per heavy atom. The van der Waals surface area contributed by atoms with E-state index in [1.807, 2.05) is 33.8 Å². The first-order chi connectivity index (χ1) is 14.1. The summed E-state index contributed by atoms with van der Waals surface area (Å²) in [5.74, 6) is 0.325. The standard InChI is InChI=1S/C21H26FN7O.2ClH/c1-20(2)8-15(18(22)21(3,4)29-20)26-19-23-11-16(27-28-19)14-6-5-12(7-17(14)30)13-9-24-25-10-13;;/h5-7,9-11,15,18,29-30H,8H2,1-4H3,(H,24,25)(H,23,26,28);2*1H. The van der Waals surface area contributed by atoms with Crippen molar-refractivity contribution in [3.63, 3.8) is 0 Å². The molecule has 8 nitrogen and oxygen atoms in total. The summed E-state index contributed by atoms with van der Waals surface area (Å²) in [6.45, 7) is 7.80. The van der Waals surface area contributed by atoms with E-state index in [9.17, 15) is 9.50 Å². The maximum absolute atomic E-state index is 15.0. The zero-order chi connectivity index (χ0) is 21.5. The summed E-state index contributed by atoms with van der Waals surface area (Å²) >= 11 is 0. The second-order valence-electron chi connectivity index (χ2n) is 8.97. The quantitative estimate of drug-likeness (QED) is 0.440. The zero-order valence-electron chi connectivity index (χ0n) is 18.3. The lowest BCUT2D eigenvalue weighted by Gasteiger charge is -2.48. The SMILES string of the molecule is CC1(C)CC(Nc2ncc(-c3ccc(-c4cn[nH]c4)cc3O)nn2)C(F)C(C)(C)N1.Cl.Cl. The molecular weight excluding hydrogens is 456 g/mol. The molecule has 2 aromatic heterocycles. The first kappa shape index (κ1) is 25.8. The Morgan fingerprint density at radius 2 is 1.84 bits per heavy atom. The number of halogens is 3. The molecule has 174 valence electrons. The number of rotatable bonds is 4. The van der Waals surface area contributed by atoms with Gasteiger partial charge in [0.1, 0.15) is 17.6 Å². The number of H-pyrrole nitrogens is 1. The van der Waals surface area contributed by atoms with Gasteiger partial charge in [0.05, 0.1) is 18.4 Å². The summed E-state index contributed by atoms with van der Waals surface area (Å²) in [6, 6.07) is 4.82. The van der Waals surface area contributed by atoms with Gasteiger partial charge in [0.15, 0.2) is 0 Å². The fraction of sp³-hybridized carbons (Fsp3) is 0.429. The molecule has 1 aliphatic rings. The summed E-state index contributed by atoms with van der Waals surface area (Å²) in [6.07, 6.45) is 4.41. The van der Waals surface area contributed by atoms with Crippen molar-refractivity contribution in [2.24, 2.45) is 0 Å². The van der Waals surface area contributed by atoms with Gasteiger partial charge in [-0.1, -0.05) is 6.07 Å². The Hall–Kier alpha value is -2.49. The number of alkyl halides is 1. The third kappa shape index (κ3) is 5.28. The number of aromatic hydroxyl groups is 1. The fourth-order valence-corrected chi connectivity index (χ4v) is 4.24. The number of benzene rings is 1. The minimum atomic E-state index is -1.12. The molecule has 11 heteroatoms. The van der Waals surface area contributed by atoms with Gasteiger partial charge in [-0.15, -0.1) is 35.0 Å². The van der Waals surface area contributed by atoms with Crippen molar-refractivity contribution in [1.82, 2.24) is 30.7 Å². The van der Waals surface area contributed by atoms with Gasteiger partial charge in [0.2, 0.25) is 5.95 Å². The monoisotopic (exact) mass is 483 g/mol. The van der Waals surface area contributed by atoms with E-state index in [4.69, 9.17) is 0 Å². The summed E-state index contributed by atoms with van der Waals surface area (Å²) in [5, 5.41) is 31.8. The number of hydrogen-bond acceptors (Lipinski definition) is 7. The molecule has 1 aromatic carbocycles. The van der Waals surface area contributed by atoms with Crippen LogP contribution in [0, 0.1) is 0 Å². The van der Waals surface area contributed by atoms with E-state index >= 15 is 0 Å². The third-order valence-corrected chi connectivity index (χ3v) is 5.41. The number of anilines is 1. The molecule has 0 saturated carbocycles. The van der Waals surface area contributed by atoms with Crippen LogP contribution in [0.15, 0.2) is 36.8 Å². The van der Waals surface area contributed by atoms with Crippen LogP contribution < -0.4 is 10.6 Å². The van der Waals surface area contributed by atoms with Gasteiger partial charge in [-0.05, 0) is 51.8 Å². The Kier molecular flexibility index (Phi) is 7.70. The average molecular weight is 484 g/mol. The first-order valence-electron chi connectivity index (χ1n) is 9.87. The molecule has 32 heavy (non-hydrogen) atoms. The molecule has 2 unspecified atom stereocenters. The molecular formula is C21H28Cl2FN7O. The molecule has 0 radical (unpaired) electrons. The number of phenols is 1. The van der Waals surface area contributed by atoms with Crippen molar-refractivity contribution in [2.75, 3.05) is 5.32 Å². The zero-order valence-corrected chi connectivity index (χ0v) is 19.9. The summed E-state index contributed by atoms with van der Waals surface area (Å²) < 4.78 is 15.0. The summed E-state index contributed by atoms with van der Waals surface area (Å²) in [4.78, 5) is 4.29. The molecule has 3 heterocycles. The van der Waals surface area contributed by atoms with Crippen LogP contribution >= 0.6 is 24.8 Å². The van der Waals surface area contributed by atoms with E-state index in [2.05, 4.69) is 36.0 Å². The highest BCUT2D eigenvalue weighted by atomic mass is 35.5. The Morgan fingerprint density at radius 1 is 1.09 bits per heavy atom. The molecule has 1 saturated heterocycles. The predicted octanol–water partition coefficient (Wildman–Crippen LogP) is 4.15. The maximum atomic E-state index is 15.0. The van der Waals surface area contributed by atoms with Crippen molar-refractivity contribution in [3.05, 3.63) is 36.8 Å². The lowest BCUT2D eigenvalue weighted by Crippen LogP contribution is -2.67. The van der Waals surface area contributed by atoms with Crippen molar-refractivity contribution >= 4 is 30.8 Å². The van der Waals surface area contributed by atoms with E-state index in [1.165, 1.54) is 6.20 Å². The minimum Gasteiger partial charge on any atom is -0.507 e. The molecule has 0 spiro atoms. The average Bonchev–Trinajstić information content (AvgIpc) is 3.20. The van der Waals surface area contributed by atoms with Gasteiger partial charge < -0.3 is 15.7 Å². The van der Waals surface area contributed by atoms with Crippen LogP contribution in [-0.2, 0) is 0 Å². The highest BCUT2D eigenvalue weighted by molar-refractivity contribution is 5.85. The van der Waals surface area contributed by atoms with Gasteiger partial charge in [-0.2, -0.15) is 5.10 Å². The number of aromatic nitrogens is 5. The first-order valence-corrected chi connectivity index (χ1v) is 9.87. The van der Waals surface area contributed by atoms with Crippen LogP contribution in [0.25, 0.3) is 22.4 Å². The van der Waals surface area contributed by atoms with Crippen molar-refractivity contribution in [1.29, 1.82) is 0 Å². The van der Waals surface area contributed by atoms with Crippen LogP contribution in [0.5, 0.6) is 5.75 Å². The second-order valence-corrected chi connectivity index (χ2v) is 8.97. The van der Waals surface area contributed by atoms with Crippen LogP contribution in [0.1, 0.15) is 34.1 Å². The Labute approximate surface area is 198 Å². The lowest BCUT2D eigenvalue weighted by molar-refractivity contribution is 0.0654. The predicted molar refractivity (Wildman–Crippen MR) is 127 cm³/mol. The lowest BCUT2D eigenvalue weighted by atomic mass is 9.78. The Balaban J connectivity index is 0.00000181. The van der Waals surface area contributed by atoms with Crippen LogP contribution in [0.4, 0.5) is 10.3 Å². The van der Waals surface area contributed by atoms with Gasteiger partial charge in [-0.3, -0.25) is 5.10 Å². The molecule has 2 atom stereocenters. The molecule has 4 N–H and O–H groups in total. The summed E-state index contributed by atoms with van der Waals surface area (Å²) in [7, 11) is 0. The van der Waals surface area contributed by atoms with Crippen LogP contribution in [-0.4, -0.2) is 53.8 Å². The number of aromatic amines is 1. The maximum Gasteiger partial charge on any atom is 0.243 e. The summed E-state index contributed by atoms with van der Waals surface area (Å²) in [5.41, 5.74) is 1.75. The Bertz CT molecular complexity index is 1030. The van der Waals surface area contributed by atoms with Crippen molar-refractivity contribution in [2.45, 2.75) is 57.4 Å². The van der Waals surface area contributed by atoms with Gasteiger partial charge in [-0.25, -0.2) is 9.37 Å². The molecule has 0 amide bonds. The number of nitrogens with zero attached hydrogens (tertiary/aromatic N) is 4. The van der Waals surface area contributed by atoms with Gasteiger partial charge >= 0.3 is 0 Å². The molecule has 4 rings (SSSR count). The number of hydrogen-bond donors (Lipinski definition) is 4. The van der Waals surface area contributed by atoms with E-state index < -0.39 is 17.8 Å². The number of nitrogens with one attached hydrogen (secondary N) is 3. The van der Waals surface area contributed by atoms with E-state index in [-0.39, 0.29) is 42.1 Å². The van der Waals surface area contributed by atoms with Crippen molar-refractivity contribution in [3.8, 4) is 28.1 Å². The molecule has 1 fully saturated rings. The van der Waals surface area contributed by atoms with Gasteiger partial charge in [0.25, 0.3) is 0 Å². The van der Waals surface area contributed by atoms with E-state index in [0.717, 1.165) is 11.1 Å². The molecule has 3 aromatic rings. The highest BCUT2D eigenvalue weighted by Crippen LogP contribution is 2.34. The van der Waals surface area contributed by atoms with Crippen molar-refractivity contribution < 1.29 is 9.50 Å². The van der Waals surface area contributed by atoms with E-state index in [0.29, 0.717) is 17.7 Å². The van der Waals surface area contributed by atoms with Gasteiger partial charge in [0, 0.05) is 28.4 Å². The third-order valence-electron chi connectivity index (χ3n) is 5.41. The number of piperidine rings is 1. The molecule has 0 bridgehead atoms. The number of phenolic OH excluding ortho intramolecular Hbond substituents is 1. The van der Waals surface area contributed by atoms with Crippen LogP contribution in [0.2, 0.25) is 0 Å². The topological polar surface area (TPSA) is 112 Å². The largest absolute Gasteiger partial charge is 0.507 e. The van der Waals surface area contributed by atoms with Crippen LogP contribution in [0.3, 0.4) is 0 Å².